The zero-order chi connectivity index (χ0) is 8.32. The number of amides is 1. The zero-order valence-electron chi connectivity index (χ0n) is 7.39. The van der Waals surface area contributed by atoms with Crippen LogP contribution in [0.15, 0.2) is 0 Å². The fourth-order valence-electron chi connectivity index (χ4n) is 1.90. The second kappa shape index (κ2) is 3.24. The largest absolute Gasteiger partial charge is 0.356 e. The maximum Gasteiger partial charge on any atom is 0.207 e. The Labute approximate surface area is 68.4 Å². The topological polar surface area (TPSA) is 29.1 Å². The number of carbonyl (C=O) groups is 1. The van der Waals surface area contributed by atoms with Crippen LogP contribution < -0.4 is 5.32 Å². The minimum Gasteiger partial charge on any atom is -0.356 e. The molecule has 0 aromatic carbocycles. The number of hydrogen-bond donors (Lipinski definition) is 1. The van der Waals surface area contributed by atoms with Gasteiger partial charge in [0, 0.05) is 6.04 Å². The summed E-state index contributed by atoms with van der Waals surface area (Å²) in [5.74, 6) is 0. The normalized spacial score (nSPS) is 23.5. The Morgan fingerprint density at radius 3 is 2.64 bits per heavy atom. The lowest BCUT2D eigenvalue weighted by Gasteiger charge is -2.40. The second-order valence-corrected chi connectivity index (χ2v) is 4.05. The van der Waals surface area contributed by atoms with Crippen LogP contribution in [0.1, 0.15) is 39.5 Å². The van der Waals surface area contributed by atoms with Crippen molar-refractivity contribution in [2.45, 2.75) is 45.6 Å². The minimum absolute atomic E-state index is 0.345. The van der Waals surface area contributed by atoms with Crippen LogP contribution in [0, 0.1) is 5.41 Å². The molecule has 0 aromatic heterocycles. The van der Waals surface area contributed by atoms with Gasteiger partial charge in [0.2, 0.25) is 6.41 Å². The summed E-state index contributed by atoms with van der Waals surface area (Å²) >= 11 is 0. The monoisotopic (exact) mass is 155 g/mol. The summed E-state index contributed by atoms with van der Waals surface area (Å²) in [6, 6.07) is 0.345. The molecule has 1 amide bonds. The molecule has 0 aromatic rings. The summed E-state index contributed by atoms with van der Waals surface area (Å²) in [4.78, 5) is 10.1. The van der Waals surface area contributed by atoms with Gasteiger partial charge in [-0.25, -0.2) is 0 Å². The molecule has 2 heteroatoms. The number of nitrogens with one attached hydrogen (secondary N) is 1. The lowest BCUT2D eigenvalue weighted by molar-refractivity contribution is -0.110. The first-order valence-electron chi connectivity index (χ1n) is 4.36. The van der Waals surface area contributed by atoms with Crippen molar-refractivity contribution in [1.29, 1.82) is 0 Å². The lowest BCUT2D eigenvalue weighted by Crippen LogP contribution is -2.35. The Balaban J connectivity index is 2.23. The molecule has 11 heavy (non-hydrogen) atoms. The molecule has 0 bridgehead atoms. The highest BCUT2D eigenvalue weighted by Crippen LogP contribution is 2.43. The third-order valence-electron chi connectivity index (χ3n) is 2.71. The standard InChI is InChI=1S/C9H17NO/c1-8(10-7-11)6-9(2)4-3-5-9/h7-8H,3-6H2,1-2H3,(H,10,11). The Morgan fingerprint density at radius 2 is 2.27 bits per heavy atom. The van der Waals surface area contributed by atoms with Crippen LogP contribution >= 0.6 is 0 Å². The molecule has 1 atom stereocenters. The van der Waals surface area contributed by atoms with E-state index in [2.05, 4.69) is 19.2 Å². The van der Waals surface area contributed by atoms with Gasteiger partial charge in [-0.1, -0.05) is 13.3 Å². The third kappa shape index (κ3) is 2.21. The molecule has 0 spiro atoms. The quantitative estimate of drug-likeness (QED) is 0.615. The minimum atomic E-state index is 0.345. The molecule has 1 aliphatic carbocycles. The Morgan fingerprint density at radius 1 is 1.64 bits per heavy atom. The molecule has 0 heterocycles. The van der Waals surface area contributed by atoms with E-state index in [4.69, 9.17) is 0 Å². The second-order valence-electron chi connectivity index (χ2n) is 4.05. The van der Waals surface area contributed by atoms with Crippen molar-refractivity contribution in [3.05, 3.63) is 0 Å². The molecule has 2 nitrogen and oxygen atoms in total. The molecule has 1 rings (SSSR count). The van der Waals surface area contributed by atoms with Gasteiger partial charge in [0.05, 0.1) is 0 Å². The van der Waals surface area contributed by atoms with Gasteiger partial charge >= 0.3 is 0 Å². The van der Waals surface area contributed by atoms with E-state index in [1.54, 1.807) is 0 Å². The van der Waals surface area contributed by atoms with Crippen molar-refractivity contribution < 1.29 is 4.79 Å². The van der Waals surface area contributed by atoms with E-state index in [1.807, 2.05) is 0 Å². The van der Waals surface area contributed by atoms with E-state index in [-0.39, 0.29) is 0 Å². The van der Waals surface area contributed by atoms with E-state index >= 15 is 0 Å². The Kier molecular flexibility index (Phi) is 2.53. The van der Waals surface area contributed by atoms with Gasteiger partial charge in [-0.2, -0.15) is 0 Å². The van der Waals surface area contributed by atoms with Crippen molar-refractivity contribution in [1.82, 2.24) is 5.32 Å². The van der Waals surface area contributed by atoms with Crippen molar-refractivity contribution in [2.24, 2.45) is 5.41 Å². The van der Waals surface area contributed by atoms with Gasteiger partial charge in [-0.3, -0.25) is 4.79 Å². The van der Waals surface area contributed by atoms with Crippen LogP contribution in [0.2, 0.25) is 0 Å². The predicted octanol–water partition coefficient (Wildman–Crippen LogP) is 1.70. The van der Waals surface area contributed by atoms with E-state index < -0.39 is 0 Å². The first kappa shape index (κ1) is 8.57. The summed E-state index contributed by atoms with van der Waals surface area (Å²) < 4.78 is 0. The van der Waals surface area contributed by atoms with Crippen LogP contribution in [-0.4, -0.2) is 12.5 Å². The summed E-state index contributed by atoms with van der Waals surface area (Å²) in [5, 5.41) is 2.79. The van der Waals surface area contributed by atoms with E-state index in [9.17, 15) is 4.79 Å². The molecular weight excluding hydrogens is 138 g/mol. The third-order valence-corrected chi connectivity index (χ3v) is 2.71. The SMILES string of the molecule is CC(CC1(C)CCC1)NC=O. The summed E-state index contributed by atoms with van der Waals surface area (Å²) in [7, 11) is 0. The average molecular weight is 155 g/mol. The highest BCUT2D eigenvalue weighted by molar-refractivity contribution is 5.46. The highest BCUT2D eigenvalue weighted by atomic mass is 16.1. The Bertz CT molecular complexity index is 140. The van der Waals surface area contributed by atoms with Gasteiger partial charge < -0.3 is 5.32 Å². The zero-order valence-corrected chi connectivity index (χ0v) is 7.39. The molecule has 1 saturated carbocycles. The van der Waals surface area contributed by atoms with E-state index in [0.29, 0.717) is 11.5 Å². The van der Waals surface area contributed by atoms with Crippen molar-refractivity contribution >= 4 is 6.41 Å². The smallest absolute Gasteiger partial charge is 0.207 e. The summed E-state index contributed by atoms with van der Waals surface area (Å²) in [6.07, 6.45) is 5.96. The molecular formula is C9H17NO. The number of rotatable bonds is 4. The van der Waals surface area contributed by atoms with Crippen LogP contribution in [0.25, 0.3) is 0 Å². The maximum atomic E-state index is 10.1. The molecule has 0 saturated heterocycles. The first-order chi connectivity index (χ1) is 5.16. The van der Waals surface area contributed by atoms with Crippen LogP contribution in [0.4, 0.5) is 0 Å². The molecule has 1 aliphatic rings. The highest BCUT2D eigenvalue weighted by Gasteiger charge is 2.32. The maximum absolute atomic E-state index is 10.1. The fraction of sp³-hybridized carbons (Fsp3) is 0.889. The van der Waals surface area contributed by atoms with Crippen molar-refractivity contribution in [2.75, 3.05) is 0 Å². The van der Waals surface area contributed by atoms with Gasteiger partial charge in [0.25, 0.3) is 0 Å². The predicted molar refractivity (Wildman–Crippen MR) is 45.2 cm³/mol. The Hall–Kier alpha value is -0.530. The van der Waals surface area contributed by atoms with Gasteiger partial charge in [0.15, 0.2) is 0 Å². The molecule has 0 aliphatic heterocycles. The summed E-state index contributed by atoms with van der Waals surface area (Å²) in [5.41, 5.74) is 0.523. The van der Waals surface area contributed by atoms with Crippen LogP contribution in [0.3, 0.4) is 0 Å². The average Bonchev–Trinajstić information content (AvgIpc) is 1.85. The molecule has 64 valence electrons. The molecule has 1 fully saturated rings. The van der Waals surface area contributed by atoms with Gasteiger partial charge in [-0.15, -0.1) is 0 Å². The number of carbonyl (C=O) groups excluding carboxylic acids is 1. The summed E-state index contributed by atoms with van der Waals surface area (Å²) in [6.45, 7) is 4.37. The first-order valence-corrected chi connectivity index (χ1v) is 4.36. The van der Waals surface area contributed by atoms with E-state index in [1.165, 1.54) is 19.3 Å². The lowest BCUT2D eigenvalue weighted by atomic mass is 9.67. The van der Waals surface area contributed by atoms with Gasteiger partial charge in [0.1, 0.15) is 0 Å². The van der Waals surface area contributed by atoms with Crippen molar-refractivity contribution in [3.8, 4) is 0 Å². The molecule has 1 N–H and O–H groups in total. The molecule has 0 radical (unpaired) electrons. The van der Waals surface area contributed by atoms with Crippen molar-refractivity contribution in [3.63, 3.8) is 0 Å². The van der Waals surface area contributed by atoms with Crippen LogP contribution in [-0.2, 0) is 4.79 Å². The van der Waals surface area contributed by atoms with Crippen LogP contribution in [0.5, 0.6) is 0 Å². The fourth-order valence-corrected chi connectivity index (χ4v) is 1.90. The molecule has 1 unspecified atom stereocenters. The number of hydrogen-bond acceptors (Lipinski definition) is 1. The van der Waals surface area contributed by atoms with E-state index in [0.717, 1.165) is 12.8 Å². The van der Waals surface area contributed by atoms with Gasteiger partial charge in [-0.05, 0) is 31.6 Å².